The molecule has 0 bridgehead atoms. The highest BCUT2D eigenvalue weighted by Crippen LogP contribution is 2.36. The maximum atomic E-state index is 13.4. The van der Waals surface area contributed by atoms with Crippen LogP contribution in [0.25, 0.3) is 0 Å². The summed E-state index contributed by atoms with van der Waals surface area (Å²) in [6, 6.07) is 2.60. The summed E-state index contributed by atoms with van der Waals surface area (Å²) < 4.78 is 20.0. The number of halogens is 4. The summed E-state index contributed by atoms with van der Waals surface area (Å²) in [5.74, 6) is 0.527. The number of hydrogen-bond acceptors (Lipinski definition) is 4. The maximum Gasteiger partial charge on any atom is 0.238 e. The average Bonchev–Trinajstić information content (AvgIpc) is 2.38. The minimum Gasteiger partial charge on any atom is -0.436 e. The maximum absolute atomic E-state index is 13.4. The fraction of sp³-hybridized carbons (Fsp3) is 0.0909. The summed E-state index contributed by atoms with van der Waals surface area (Å²) in [6.07, 6.45) is 1.34. The van der Waals surface area contributed by atoms with E-state index in [1.807, 2.05) is 0 Å². The normalized spacial score (nSPS) is 10.4. The first-order valence-corrected chi connectivity index (χ1v) is 7.00. The van der Waals surface area contributed by atoms with Gasteiger partial charge in [0.1, 0.15) is 28.2 Å². The van der Waals surface area contributed by atoms with Gasteiger partial charge in [0.2, 0.25) is 5.88 Å². The molecule has 0 amide bonds. The Bertz CT molecular complexity index is 627. The van der Waals surface area contributed by atoms with Gasteiger partial charge in [-0.3, -0.25) is 0 Å². The molecule has 0 saturated heterocycles. The zero-order valence-corrected chi connectivity index (χ0v) is 13.5. The van der Waals surface area contributed by atoms with Crippen molar-refractivity contribution < 1.29 is 9.13 Å². The fourth-order valence-corrected chi connectivity index (χ4v) is 2.49. The molecule has 0 atom stereocenters. The second-order valence-corrected chi connectivity index (χ2v) is 5.44. The fourth-order valence-electron chi connectivity index (χ4n) is 1.29. The van der Waals surface area contributed by atoms with Gasteiger partial charge in [-0.2, -0.15) is 0 Å². The minimum atomic E-state index is -0.570. The first-order valence-electron chi connectivity index (χ1n) is 5.03. The van der Waals surface area contributed by atoms with Crippen LogP contribution < -0.4 is 10.1 Å². The molecule has 1 aromatic carbocycles. The van der Waals surface area contributed by atoms with Crippen LogP contribution in [0.3, 0.4) is 0 Å². The lowest BCUT2D eigenvalue weighted by Crippen LogP contribution is -1.98. The lowest BCUT2D eigenvalue weighted by molar-refractivity contribution is 0.451. The van der Waals surface area contributed by atoms with Crippen molar-refractivity contribution in [1.29, 1.82) is 0 Å². The van der Waals surface area contributed by atoms with E-state index in [2.05, 4.69) is 47.1 Å². The number of hydrogen-bond donors (Lipinski definition) is 1. The SMILES string of the molecule is CNc1ncnc(Oc2cc(F)c(Cl)cc2Br)c1Br. The van der Waals surface area contributed by atoms with E-state index < -0.39 is 5.82 Å². The Balaban J connectivity index is 2.39. The Hall–Kier alpha value is -0.920. The van der Waals surface area contributed by atoms with Crippen molar-refractivity contribution >= 4 is 49.3 Å². The summed E-state index contributed by atoms with van der Waals surface area (Å²) in [7, 11) is 1.72. The van der Waals surface area contributed by atoms with Crippen molar-refractivity contribution in [2.24, 2.45) is 0 Å². The molecule has 2 aromatic rings. The minimum absolute atomic E-state index is 0.0110. The number of anilines is 1. The molecule has 0 aliphatic heterocycles. The van der Waals surface area contributed by atoms with E-state index in [-0.39, 0.29) is 16.7 Å². The first-order chi connectivity index (χ1) is 9.02. The summed E-state index contributed by atoms with van der Waals surface area (Å²) >= 11 is 12.2. The van der Waals surface area contributed by atoms with Gasteiger partial charge in [0.05, 0.1) is 9.50 Å². The van der Waals surface area contributed by atoms with Gasteiger partial charge in [0, 0.05) is 13.1 Å². The van der Waals surface area contributed by atoms with Gasteiger partial charge in [0.25, 0.3) is 0 Å². The molecule has 0 unspecified atom stereocenters. The second-order valence-electron chi connectivity index (χ2n) is 3.39. The van der Waals surface area contributed by atoms with E-state index in [0.717, 1.165) is 0 Å². The summed E-state index contributed by atoms with van der Waals surface area (Å²) in [4.78, 5) is 7.98. The van der Waals surface area contributed by atoms with Gasteiger partial charge in [-0.15, -0.1) is 0 Å². The highest BCUT2D eigenvalue weighted by molar-refractivity contribution is 9.11. The van der Waals surface area contributed by atoms with Crippen LogP contribution in [0.15, 0.2) is 27.4 Å². The molecule has 0 radical (unpaired) electrons. The van der Waals surface area contributed by atoms with Crippen molar-refractivity contribution in [3.05, 3.63) is 38.2 Å². The standard InChI is InChI=1S/C11H7Br2ClFN3O/c1-16-10-9(13)11(18-4-17-10)19-8-3-7(15)6(14)2-5(8)12/h2-4H,1H3,(H,16,17,18). The Kier molecular flexibility index (Phi) is 4.59. The topological polar surface area (TPSA) is 47.0 Å². The van der Waals surface area contributed by atoms with Gasteiger partial charge in [-0.1, -0.05) is 11.6 Å². The van der Waals surface area contributed by atoms with E-state index in [0.29, 0.717) is 14.8 Å². The number of nitrogens with zero attached hydrogens (tertiary/aromatic N) is 2. The number of aromatic nitrogens is 2. The smallest absolute Gasteiger partial charge is 0.238 e. The van der Waals surface area contributed by atoms with Crippen LogP contribution in [0.5, 0.6) is 11.6 Å². The van der Waals surface area contributed by atoms with E-state index >= 15 is 0 Å². The third kappa shape index (κ3) is 3.16. The van der Waals surface area contributed by atoms with Crippen LogP contribution in [-0.2, 0) is 0 Å². The Morgan fingerprint density at radius 2 is 2.05 bits per heavy atom. The van der Waals surface area contributed by atoms with Crippen molar-refractivity contribution in [1.82, 2.24) is 9.97 Å². The van der Waals surface area contributed by atoms with E-state index in [1.165, 1.54) is 18.5 Å². The van der Waals surface area contributed by atoms with Crippen LogP contribution in [0.4, 0.5) is 10.2 Å². The molecule has 0 fully saturated rings. The lowest BCUT2D eigenvalue weighted by atomic mass is 10.3. The van der Waals surface area contributed by atoms with Crippen LogP contribution in [0.2, 0.25) is 5.02 Å². The van der Waals surface area contributed by atoms with E-state index in [1.54, 1.807) is 7.05 Å². The first kappa shape index (κ1) is 14.5. The Morgan fingerprint density at radius 1 is 1.32 bits per heavy atom. The molecule has 0 aliphatic carbocycles. The van der Waals surface area contributed by atoms with Crippen LogP contribution in [0.1, 0.15) is 0 Å². The summed E-state index contributed by atoms with van der Waals surface area (Å²) in [5.41, 5.74) is 0. The second kappa shape index (κ2) is 6.02. The largest absolute Gasteiger partial charge is 0.436 e. The van der Waals surface area contributed by atoms with Gasteiger partial charge >= 0.3 is 0 Å². The zero-order chi connectivity index (χ0) is 14.0. The monoisotopic (exact) mass is 409 g/mol. The van der Waals surface area contributed by atoms with Crippen molar-refractivity contribution in [2.75, 3.05) is 12.4 Å². The highest BCUT2D eigenvalue weighted by atomic mass is 79.9. The Labute approximate surface area is 130 Å². The zero-order valence-electron chi connectivity index (χ0n) is 9.55. The van der Waals surface area contributed by atoms with Gasteiger partial charge in [-0.25, -0.2) is 14.4 Å². The highest BCUT2D eigenvalue weighted by Gasteiger charge is 2.13. The molecule has 100 valence electrons. The molecular weight excluding hydrogens is 404 g/mol. The Morgan fingerprint density at radius 3 is 2.74 bits per heavy atom. The van der Waals surface area contributed by atoms with Crippen molar-refractivity contribution in [3.63, 3.8) is 0 Å². The molecule has 1 heterocycles. The van der Waals surface area contributed by atoms with Gasteiger partial charge in [0.15, 0.2) is 0 Å². The molecule has 4 nitrogen and oxygen atoms in total. The summed E-state index contributed by atoms with van der Waals surface area (Å²) in [5, 5.41) is 2.88. The number of nitrogens with one attached hydrogen (secondary N) is 1. The molecule has 2 rings (SSSR count). The molecule has 19 heavy (non-hydrogen) atoms. The molecule has 0 saturated carbocycles. The third-order valence-electron chi connectivity index (χ3n) is 2.18. The van der Waals surface area contributed by atoms with E-state index in [9.17, 15) is 4.39 Å². The average molecular weight is 411 g/mol. The van der Waals surface area contributed by atoms with Crippen LogP contribution in [0, 0.1) is 5.82 Å². The third-order valence-corrected chi connectivity index (χ3v) is 3.80. The summed E-state index contributed by atoms with van der Waals surface area (Å²) in [6.45, 7) is 0. The number of ether oxygens (including phenoxy) is 1. The van der Waals surface area contributed by atoms with E-state index in [4.69, 9.17) is 16.3 Å². The van der Waals surface area contributed by atoms with Gasteiger partial charge in [-0.05, 0) is 37.9 Å². The predicted octanol–water partition coefficient (Wildman–Crippen LogP) is 4.63. The molecule has 0 aliphatic rings. The number of benzene rings is 1. The lowest BCUT2D eigenvalue weighted by Gasteiger charge is -2.10. The molecular formula is C11H7Br2ClFN3O. The molecule has 8 heteroatoms. The van der Waals surface area contributed by atoms with Crippen molar-refractivity contribution in [2.45, 2.75) is 0 Å². The molecule has 1 N–H and O–H groups in total. The van der Waals surface area contributed by atoms with Crippen LogP contribution in [-0.4, -0.2) is 17.0 Å². The molecule has 0 spiro atoms. The number of rotatable bonds is 3. The quantitative estimate of drug-likeness (QED) is 0.749. The van der Waals surface area contributed by atoms with Gasteiger partial charge < -0.3 is 10.1 Å². The molecule has 1 aromatic heterocycles. The van der Waals surface area contributed by atoms with Crippen LogP contribution >= 0.6 is 43.5 Å². The van der Waals surface area contributed by atoms with Crippen molar-refractivity contribution in [3.8, 4) is 11.6 Å². The predicted molar refractivity (Wildman–Crippen MR) is 78.5 cm³/mol.